The summed E-state index contributed by atoms with van der Waals surface area (Å²) in [7, 11) is -35.7. The fourth-order valence-corrected chi connectivity index (χ4v) is 7.26. The smallest absolute Gasteiger partial charge is 0.387 e. The number of hydrogen-bond acceptors (Lipinski definition) is 14. The van der Waals surface area contributed by atoms with Crippen LogP contribution in [-0.4, -0.2) is 95.8 Å². The monoisotopic (exact) mass is 660 g/mol. The van der Waals surface area contributed by atoms with Crippen LogP contribution in [0.15, 0.2) is 0 Å². The third kappa shape index (κ3) is 12.2. The van der Waals surface area contributed by atoms with Crippen molar-refractivity contribution in [1.82, 2.24) is 0 Å². The van der Waals surface area contributed by atoms with Gasteiger partial charge in [-0.2, -0.15) is 8.62 Å². The Morgan fingerprint density at radius 2 is 0.611 bits per heavy atom. The molecule has 1 aliphatic rings. The summed E-state index contributed by atoms with van der Waals surface area (Å²) in [6.45, 7) is 0. The van der Waals surface area contributed by atoms with Crippen LogP contribution in [0.2, 0.25) is 0 Å². The summed E-state index contributed by atoms with van der Waals surface area (Å²) in [6.07, 6.45) is -18.0. The Labute approximate surface area is 197 Å². The van der Waals surface area contributed by atoms with Crippen molar-refractivity contribution in [3.63, 3.8) is 0 Å². The number of phosphoric acid groups is 6. The zero-order valence-electron chi connectivity index (χ0n) is 16.4. The molecule has 0 bridgehead atoms. The summed E-state index contributed by atoms with van der Waals surface area (Å²) in [5.74, 6) is 0. The van der Waals surface area contributed by atoms with E-state index in [9.17, 15) is 47.4 Å². The lowest BCUT2D eigenvalue weighted by atomic mass is 9.85. The van der Waals surface area contributed by atoms with Gasteiger partial charge in [0, 0.05) is 0 Å². The van der Waals surface area contributed by atoms with Crippen molar-refractivity contribution >= 4 is 46.9 Å². The summed E-state index contributed by atoms with van der Waals surface area (Å²) in [5.41, 5.74) is 0. The lowest BCUT2D eigenvalue weighted by Gasteiger charge is -2.46. The van der Waals surface area contributed by atoms with Gasteiger partial charge in [0.05, 0.1) is 0 Å². The number of hydrogen-bond donors (Lipinski definition) is 12. The Morgan fingerprint density at radius 3 is 0.806 bits per heavy atom. The first-order valence-corrected chi connectivity index (χ1v) is 17.1. The predicted molar refractivity (Wildman–Crippen MR) is 102 cm³/mol. The van der Waals surface area contributed by atoms with Crippen LogP contribution in [0.1, 0.15) is 0 Å². The van der Waals surface area contributed by atoms with Crippen LogP contribution in [-0.2, 0) is 54.1 Å². The molecule has 0 aromatic heterocycles. The van der Waals surface area contributed by atoms with Crippen molar-refractivity contribution in [2.24, 2.45) is 0 Å². The van der Waals surface area contributed by atoms with E-state index in [1.807, 2.05) is 0 Å². The lowest BCUT2D eigenvalue weighted by molar-refractivity contribution is -0.208. The SMILES string of the molecule is O=P(O)(O)O[C@@H]1[C@H](O)[C@H](OP(=O)(O)OP(=O)(O)O)[C@@H](OP(=O)(O)O)[C@H](O)[C@H]1OP(=O)(O)OP(=O)(O)O. The first-order valence-electron chi connectivity index (χ1n) is 8.02. The van der Waals surface area contributed by atoms with Gasteiger partial charge in [0.2, 0.25) is 0 Å². The molecule has 1 fully saturated rings. The molecular formula is C6H18O24P6. The lowest BCUT2D eigenvalue weighted by Crippen LogP contribution is -2.65. The second kappa shape index (κ2) is 11.6. The molecule has 216 valence electrons. The standard InChI is InChI=1S/C6H18O24P6/c7-1-3(25-31(9,10)11)6(28-36(23,24)30-34(18,19)20)2(8)4(26-32(12,13)14)5(1)27-35(21,22)29-33(15,16)17/h1-8H,(H,21,22)(H,23,24)(H2,9,10,11)(H2,12,13,14)(H2,15,16,17)(H2,18,19,20)/t1-,2-,3-,4+,5+,6-/m0/s1. The first kappa shape index (κ1) is 34.7. The van der Waals surface area contributed by atoms with Gasteiger partial charge in [-0.25, -0.2) is 27.4 Å². The maximum atomic E-state index is 11.9. The van der Waals surface area contributed by atoms with Crippen molar-refractivity contribution in [2.45, 2.75) is 36.6 Å². The van der Waals surface area contributed by atoms with Gasteiger partial charge in [0.15, 0.2) is 0 Å². The molecule has 0 radical (unpaired) electrons. The highest BCUT2D eigenvalue weighted by Gasteiger charge is 2.59. The highest BCUT2D eigenvalue weighted by atomic mass is 31.3. The van der Waals surface area contributed by atoms with Gasteiger partial charge in [0.25, 0.3) is 0 Å². The van der Waals surface area contributed by atoms with E-state index in [2.05, 4.69) is 26.7 Å². The van der Waals surface area contributed by atoms with Crippen molar-refractivity contribution in [3.05, 3.63) is 0 Å². The third-order valence-electron chi connectivity index (χ3n) is 3.44. The largest absolute Gasteiger partial charge is 0.481 e. The summed E-state index contributed by atoms with van der Waals surface area (Å²) in [5, 5.41) is 20.7. The predicted octanol–water partition coefficient (Wildman–Crippen LogP) is -3.13. The Morgan fingerprint density at radius 1 is 0.389 bits per heavy atom. The molecule has 1 saturated carbocycles. The minimum Gasteiger partial charge on any atom is -0.387 e. The summed E-state index contributed by atoms with van der Waals surface area (Å²) in [4.78, 5) is 89.6. The Bertz CT molecular complexity index is 975. The van der Waals surface area contributed by atoms with Gasteiger partial charge in [-0.3, -0.25) is 18.1 Å². The zero-order chi connectivity index (χ0) is 28.7. The average molecular weight is 660 g/mol. The minimum absolute atomic E-state index is 2.96. The second-order valence-electron chi connectivity index (χ2n) is 6.32. The Hall–Kier alpha value is 0.660. The van der Waals surface area contributed by atoms with Crippen molar-refractivity contribution in [2.75, 3.05) is 0 Å². The molecule has 8 atom stereocenters. The van der Waals surface area contributed by atoms with E-state index in [-0.39, 0.29) is 0 Å². The highest BCUT2D eigenvalue weighted by Crippen LogP contribution is 2.62. The quantitative estimate of drug-likeness (QED) is 0.0920. The molecule has 2 unspecified atom stereocenters. The summed E-state index contributed by atoms with van der Waals surface area (Å²) < 4.78 is 91.1. The van der Waals surface area contributed by atoms with E-state index in [0.717, 1.165) is 0 Å². The van der Waals surface area contributed by atoms with Gasteiger partial charge in [-0.1, -0.05) is 0 Å². The maximum Gasteiger partial charge on any atom is 0.481 e. The van der Waals surface area contributed by atoms with E-state index in [1.165, 1.54) is 0 Å². The van der Waals surface area contributed by atoms with Crippen molar-refractivity contribution in [1.29, 1.82) is 0 Å². The molecule has 30 heteroatoms. The molecule has 1 aliphatic carbocycles. The molecule has 0 spiro atoms. The normalized spacial score (nSPS) is 32.0. The molecule has 24 nitrogen and oxygen atoms in total. The van der Waals surface area contributed by atoms with Gasteiger partial charge < -0.3 is 59.1 Å². The van der Waals surface area contributed by atoms with E-state index in [4.69, 9.17) is 39.1 Å². The first-order chi connectivity index (χ1) is 15.6. The van der Waals surface area contributed by atoms with E-state index in [0.29, 0.717) is 0 Å². The molecule has 36 heavy (non-hydrogen) atoms. The maximum absolute atomic E-state index is 11.9. The molecule has 0 aromatic rings. The molecule has 1 rings (SSSR count). The van der Waals surface area contributed by atoms with E-state index < -0.39 is 83.6 Å². The van der Waals surface area contributed by atoms with Crippen LogP contribution in [0, 0.1) is 0 Å². The number of rotatable bonds is 12. The topological polar surface area (TPSA) is 401 Å². The molecular weight excluding hydrogens is 642 g/mol. The van der Waals surface area contributed by atoms with Crippen LogP contribution in [0.5, 0.6) is 0 Å². The highest BCUT2D eigenvalue weighted by molar-refractivity contribution is 7.61. The van der Waals surface area contributed by atoms with Crippen LogP contribution in [0.4, 0.5) is 0 Å². The summed E-state index contributed by atoms with van der Waals surface area (Å²) in [6, 6.07) is 0. The van der Waals surface area contributed by atoms with Crippen LogP contribution >= 0.6 is 46.9 Å². The Balaban J connectivity index is 3.61. The molecule has 12 N–H and O–H groups in total. The average Bonchev–Trinajstić information content (AvgIpc) is 2.52. The van der Waals surface area contributed by atoms with Gasteiger partial charge >= 0.3 is 46.9 Å². The van der Waals surface area contributed by atoms with Crippen molar-refractivity contribution in [3.8, 4) is 0 Å². The van der Waals surface area contributed by atoms with Crippen LogP contribution in [0.3, 0.4) is 0 Å². The van der Waals surface area contributed by atoms with Crippen molar-refractivity contribution < 1.29 is 113 Å². The molecule has 0 saturated heterocycles. The fraction of sp³-hybridized carbons (Fsp3) is 1.00. The third-order valence-corrected chi connectivity index (χ3v) is 8.85. The molecule has 0 aromatic carbocycles. The molecule has 0 amide bonds. The fourth-order valence-electron chi connectivity index (χ4n) is 2.57. The Kier molecular flexibility index (Phi) is 11.2. The minimum atomic E-state index is -6.10. The van der Waals surface area contributed by atoms with Crippen LogP contribution < -0.4 is 0 Å². The molecule has 0 aliphatic heterocycles. The van der Waals surface area contributed by atoms with Crippen LogP contribution in [0.25, 0.3) is 0 Å². The van der Waals surface area contributed by atoms with E-state index in [1.54, 1.807) is 0 Å². The number of phosphoric ester groups is 4. The second-order valence-corrected chi connectivity index (χ2v) is 14.3. The number of aliphatic hydroxyl groups is 2. The van der Waals surface area contributed by atoms with Gasteiger partial charge in [0.1, 0.15) is 36.6 Å². The van der Waals surface area contributed by atoms with E-state index >= 15 is 0 Å². The zero-order valence-corrected chi connectivity index (χ0v) is 21.8. The van der Waals surface area contributed by atoms with Gasteiger partial charge in [-0.15, -0.1) is 0 Å². The summed E-state index contributed by atoms with van der Waals surface area (Å²) >= 11 is 0. The van der Waals surface area contributed by atoms with Gasteiger partial charge in [-0.05, 0) is 0 Å². The molecule has 0 heterocycles. The number of aliphatic hydroxyl groups excluding tert-OH is 2.